The van der Waals surface area contributed by atoms with E-state index in [1.807, 2.05) is 0 Å². The summed E-state index contributed by atoms with van der Waals surface area (Å²) in [6, 6.07) is 10.9. The molecule has 0 spiro atoms. The molecule has 0 aliphatic carbocycles. The van der Waals surface area contributed by atoms with Gasteiger partial charge < -0.3 is 15.8 Å². The third-order valence-corrected chi connectivity index (χ3v) is 5.78. The van der Waals surface area contributed by atoms with Gasteiger partial charge in [-0.15, -0.1) is 24.8 Å². The SMILES string of the molecule is CC(c1ccccc1)N1CCC(NC(=O)C(N)C2CCOCC2)CC1.Cl.Cl. The highest BCUT2D eigenvalue weighted by molar-refractivity contribution is 5.85. The van der Waals surface area contributed by atoms with Gasteiger partial charge in [-0.2, -0.15) is 0 Å². The van der Waals surface area contributed by atoms with Crippen LogP contribution in [-0.2, 0) is 9.53 Å². The highest BCUT2D eigenvalue weighted by atomic mass is 35.5. The maximum atomic E-state index is 12.5. The van der Waals surface area contributed by atoms with Crippen molar-refractivity contribution in [3.63, 3.8) is 0 Å². The second-order valence-corrected chi connectivity index (χ2v) is 7.38. The van der Waals surface area contributed by atoms with Crippen molar-refractivity contribution in [1.82, 2.24) is 10.2 Å². The van der Waals surface area contributed by atoms with Gasteiger partial charge in [0.1, 0.15) is 0 Å². The minimum Gasteiger partial charge on any atom is -0.381 e. The highest BCUT2D eigenvalue weighted by Crippen LogP contribution is 2.24. The van der Waals surface area contributed by atoms with Crippen LogP contribution in [0.15, 0.2) is 30.3 Å². The van der Waals surface area contributed by atoms with E-state index in [0.29, 0.717) is 6.04 Å². The van der Waals surface area contributed by atoms with Gasteiger partial charge >= 0.3 is 0 Å². The standard InChI is InChI=1S/C20H31N3O2.2ClH/c1-15(16-5-3-2-4-6-16)23-11-7-18(8-12-23)22-20(24)19(21)17-9-13-25-14-10-17;;/h2-6,15,17-19H,7-14,21H2,1H3,(H,22,24);2*1H. The Morgan fingerprint density at radius 1 is 1.11 bits per heavy atom. The predicted molar refractivity (Wildman–Crippen MR) is 114 cm³/mol. The Kier molecular flexibility index (Phi) is 10.6. The Balaban J connectivity index is 0.00000182. The van der Waals surface area contributed by atoms with E-state index in [2.05, 4.69) is 47.5 Å². The molecular weight excluding hydrogens is 385 g/mol. The van der Waals surface area contributed by atoms with Gasteiger partial charge in [-0.25, -0.2) is 0 Å². The van der Waals surface area contributed by atoms with Crippen molar-refractivity contribution in [1.29, 1.82) is 0 Å². The largest absolute Gasteiger partial charge is 0.381 e. The molecule has 2 heterocycles. The summed E-state index contributed by atoms with van der Waals surface area (Å²) in [6.07, 6.45) is 3.76. The molecule has 0 aromatic heterocycles. The molecule has 2 saturated heterocycles. The van der Waals surface area contributed by atoms with E-state index in [1.54, 1.807) is 0 Å². The molecule has 5 nitrogen and oxygen atoms in total. The average Bonchev–Trinajstić information content (AvgIpc) is 2.68. The molecule has 1 aromatic rings. The van der Waals surface area contributed by atoms with Crippen LogP contribution in [0.25, 0.3) is 0 Å². The number of piperidine rings is 1. The van der Waals surface area contributed by atoms with Gasteiger partial charge in [0.05, 0.1) is 6.04 Å². The number of nitrogens with two attached hydrogens (primary N) is 1. The van der Waals surface area contributed by atoms with Gasteiger partial charge in [0.2, 0.25) is 5.91 Å². The molecule has 1 aromatic carbocycles. The smallest absolute Gasteiger partial charge is 0.237 e. The number of benzene rings is 1. The third kappa shape index (κ3) is 6.61. The number of amides is 1. The van der Waals surface area contributed by atoms with Crippen molar-refractivity contribution in [3.8, 4) is 0 Å². The van der Waals surface area contributed by atoms with E-state index in [1.165, 1.54) is 5.56 Å². The van der Waals surface area contributed by atoms with Crippen molar-refractivity contribution >= 4 is 30.7 Å². The van der Waals surface area contributed by atoms with Crippen LogP contribution in [0, 0.1) is 5.92 Å². The van der Waals surface area contributed by atoms with Crippen LogP contribution in [0.3, 0.4) is 0 Å². The van der Waals surface area contributed by atoms with Crippen molar-refractivity contribution in [2.45, 2.75) is 50.7 Å². The molecule has 0 radical (unpaired) electrons. The molecule has 2 atom stereocenters. The van der Waals surface area contributed by atoms with Crippen molar-refractivity contribution < 1.29 is 9.53 Å². The van der Waals surface area contributed by atoms with Crippen LogP contribution in [0.4, 0.5) is 0 Å². The van der Waals surface area contributed by atoms with E-state index in [0.717, 1.165) is 52.0 Å². The Labute approximate surface area is 175 Å². The Morgan fingerprint density at radius 2 is 1.70 bits per heavy atom. The molecule has 0 saturated carbocycles. The number of carbonyl (C=O) groups excluding carboxylic acids is 1. The van der Waals surface area contributed by atoms with E-state index >= 15 is 0 Å². The number of nitrogens with one attached hydrogen (secondary N) is 1. The maximum absolute atomic E-state index is 12.5. The maximum Gasteiger partial charge on any atom is 0.237 e. The molecule has 154 valence electrons. The van der Waals surface area contributed by atoms with E-state index < -0.39 is 6.04 Å². The molecule has 2 fully saturated rings. The lowest BCUT2D eigenvalue weighted by Crippen LogP contribution is -2.52. The number of rotatable bonds is 5. The summed E-state index contributed by atoms with van der Waals surface area (Å²) in [5, 5.41) is 3.18. The highest BCUT2D eigenvalue weighted by Gasteiger charge is 2.29. The quantitative estimate of drug-likeness (QED) is 0.772. The van der Waals surface area contributed by atoms with Crippen LogP contribution in [-0.4, -0.2) is 49.2 Å². The molecule has 2 aliphatic rings. The van der Waals surface area contributed by atoms with E-state index in [4.69, 9.17) is 10.5 Å². The fraction of sp³-hybridized carbons (Fsp3) is 0.650. The zero-order valence-corrected chi connectivity index (χ0v) is 17.6. The molecular formula is C20H33Cl2N3O2. The van der Waals surface area contributed by atoms with Crippen molar-refractivity contribution in [3.05, 3.63) is 35.9 Å². The van der Waals surface area contributed by atoms with Crippen LogP contribution in [0.2, 0.25) is 0 Å². The second kappa shape index (κ2) is 11.9. The summed E-state index contributed by atoms with van der Waals surface area (Å²) in [7, 11) is 0. The lowest BCUT2D eigenvalue weighted by Gasteiger charge is -2.37. The predicted octanol–water partition coefficient (Wildman–Crippen LogP) is 2.93. The molecule has 3 rings (SSSR count). The molecule has 0 bridgehead atoms. The first-order valence-electron chi connectivity index (χ1n) is 9.58. The van der Waals surface area contributed by atoms with Crippen LogP contribution in [0.5, 0.6) is 0 Å². The number of halogens is 2. The minimum absolute atomic E-state index is 0. The van der Waals surface area contributed by atoms with Crippen molar-refractivity contribution in [2.75, 3.05) is 26.3 Å². The normalized spacial score (nSPS) is 21.4. The number of likely N-dealkylation sites (tertiary alicyclic amines) is 1. The lowest BCUT2D eigenvalue weighted by molar-refractivity contribution is -0.125. The lowest BCUT2D eigenvalue weighted by atomic mass is 9.91. The van der Waals surface area contributed by atoms with E-state index in [-0.39, 0.29) is 42.7 Å². The van der Waals surface area contributed by atoms with Crippen LogP contribution < -0.4 is 11.1 Å². The molecule has 2 unspecified atom stereocenters. The first-order valence-corrected chi connectivity index (χ1v) is 9.58. The first kappa shape index (κ1) is 24.2. The summed E-state index contributed by atoms with van der Waals surface area (Å²) < 4.78 is 5.36. The zero-order chi connectivity index (χ0) is 17.6. The number of hydrogen-bond donors (Lipinski definition) is 2. The van der Waals surface area contributed by atoms with Crippen LogP contribution in [0.1, 0.15) is 44.2 Å². The Morgan fingerprint density at radius 3 is 2.30 bits per heavy atom. The summed E-state index contributed by atoms with van der Waals surface area (Å²) in [6.45, 7) is 5.72. The van der Waals surface area contributed by atoms with E-state index in [9.17, 15) is 4.79 Å². The van der Waals surface area contributed by atoms with Gasteiger partial charge in [0.15, 0.2) is 0 Å². The zero-order valence-electron chi connectivity index (χ0n) is 16.0. The molecule has 2 aliphatic heterocycles. The van der Waals surface area contributed by atoms with Crippen LogP contribution >= 0.6 is 24.8 Å². The number of nitrogens with zero attached hydrogens (tertiary/aromatic N) is 1. The fourth-order valence-corrected chi connectivity index (χ4v) is 3.96. The molecule has 3 N–H and O–H groups in total. The first-order chi connectivity index (χ1) is 12.1. The summed E-state index contributed by atoms with van der Waals surface area (Å²) in [5.41, 5.74) is 7.54. The Hall–Kier alpha value is -0.850. The van der Waals surface area contributed by atoms with Gasteiger partial charge in [-0.3, -0.25) is 9.69 Å². The monoisotopic (exact) mass is 417 g/mol. The van der Waals surface area contributed by atoms with Gasteiger partial charge in [-0.1, -0.05) is 30.3 Å². The fourth-order valence-electron chi connectivity index (χ4n) is 3.96. The summed E-state index contributed by atoms with van der Waals surface area (Å²) >= 11 is 0. The number of carbonyl (C=O) groups is 1. The summed E-state index contributed by atoms with van der Waals surface area (Å²) in [4.78, 5) is 15.0. The van der Waals surface area contributed by atoms with Gasteiger partial charge in [0.25, 0.3) is 0 Å². The molecule has 7 heteroatoms. The summed E-state index contributed by atoms with van der Waals surface area (Å²) in [5.74, 6) is 0.272. The molecule has 1 amide bonds. The topological polar surface area (TPSA) is 67.6 Å². The number of ether oxygens (including phenoxy) is 1. The van der Waals surface area contributed by atoms with Crippen molar-refractivity contribution in [2.24, 2.45) is 11.7 Å². The van der Waals surface area contributed by atoms with Gasteiger partial charge in [-0.05, 0) is 44.1 Å². The third-order valence-electron chi connectivity index (χ3n) is 5.78. The number of hydrogen-bond acceptors (Lipinski definition) is 4. The van der Waals surface area contributed by atoms with Gasteiger partial charge in [0, 0.05) is 38.4 Å². The average molecular weight is 418 g/mol. The minimum atomic E-state index is -0.398. The Bertz CT molecular complexity index is 547. The molecule has 27 heavy (non-hydrogen) atoms. The second-order valence-electron chi connectivity index (χ2n) is 7.38.